The normalized spacial score (nSPS) is 12.6. The van der Waals surface area contributed by atoms with Gasteiger partial charge in [0, 0.05) is 11.1 Å². The molecule has 1 N–H and O–H groups in total. The number of nitrogens with zero attached hydrogens (tertiary/aromatic N) is 2. The number of aryl methyl sites for hydroxylation is 2. The van der Waals surface area contributed by atoms with Crippen molar-refractivity contribution in [2.45, 2.75) is 45.9 Å². The lowest BCUT2D eigenvalue weighted by molar-refractivity contribution is -0.927. The minimum atomic E-state index is -0.325. The van der Waals surface area contributed by atoms with Crippen molar-refractivity contribution in [3.63, 3.8) is 0 Å². The molecule has 0 fully saturated rings. The zero-order valence-corrected chi connectivity index (χ0v) is 18.8. The molecule has 3 heteroatoms. The van der Waals surface area contributed by atoms with Gasteiger partial charge < -0.3 is 14.1 Å². The van der Waals surface area contributed by atoms with Gasteiger partial charge in [-0.2, -0.15) is 0 Å². The number of rotatable bonds is 10. The Morgan fingerprint density at radius 1 is 0.679 bits per heavy atom. The summed E-state index contributed by atoms with van der Waals surface area (Å²) in [6, 6.07) is 17.7. The van der Waals surface area contributed by atoms with E-state index in [1.807, 2.05) is 0 Å². The van der Waals surface area contributed by atoms with Crippen LogP contribution in [-0.4, -0.2) is 61.5 Å². The Hall–Kier alpha value is -1.68. The van der Waals surface area contributed by atoms with Gasteiger partial charge >= 0.3 is 0 Å². The Bertz CT molecular complexity index is 688. The predicted molar refractivity (Wildman–Crippen MR) is 119 cm³/mol. The standard InChI is InChI=1S/C25H40N2O/c1-7-21-11-9-13-23(15-21)17-26(3,4)19-25(28)20-27(5,6)18-24-14-10-12-22(8-2)16-24/h9-16,25,28H,7-8,17-20H2,1-6H3/q+2. The first kappa shape index (κ1) is 22.6. The maximum atomic E-state index is 10.8. The lowest BCUT2D eigenvalue weighted by Gasteiger charge is -2.36. The zero-order chi connectivity index (χ0) is 20.8. The molecule has 0 radical (unpaired) electrons. The molecule has 2 rings (SSSR count). The summed E-state index contributed by atoms with van der Waals surface area (Å²) < 4.78 is 1.58. The minimum Gasteiger partial charge on any atom is -0.382 e. The third-order valence-electron chi connectivity index (χ3n) is 5.43. The summed E-state index contributed by atoms with van der Waals surface area (Å²) in [4.78, 5) is 0. The Morgan fingerprint density at radius 2 is 1.04 bits per heavy atom. The molecule has 0 aliphatic rings. The largest absolute Gasteiger partial charge is 0.382 e. The average Bonchev–Trinajstić information content (AvgIpc) is 2.59. The highest BCUT2D eigenvalue weighted by Gasteiger charge is 2.27. The van der Waals surface area contributed by atoms with Gasteiger partial charge in [-0.05, 0) is 24.0 Å². The van der Waals surface area contributed by atoms with E-state index in [1.54, 1.807) is 0 Å². The van der Waals surface area contributed by atoms with Crippen molar-refractivity contribution in [3.05, 3.63) is 70.8 Å². The third-order valence-corrected chi connectivity index (χ3v) is 5.43. The van der Waals surface area contributed by atoms with Crippen molar-refractivity contribution >= 4 is 0 Å². The number of aliphatic hydroxyl groups is 1. The molecule has 154 valence electrons. The van der Waals surface area contributed by atoms with Crippen LogP contribution in [0.5, 0.6) is 0 Å². The summed E-state index contributed by atoms with van der Waals surface area (Å²) in [7, 11) is 8.86. The van der Waals surface area contributed by atoms with Crippen LogP contribution in [-0.2, 0) is 25.9 Å². The van der Waals surface area contributed by atoms with Crippen LogP contribution in [0.2, 0.25) is 0 Å². The molecule has 0 heterocycles. The fourth-order valence-electron chi connectivity index (χ4n) is 4.21. The molecule has 0 amide bonds. The van der Waals surface area contributed by atoms with Crippen molar-refractivity contribution in [2.24, 2.45) is 0 Å². The van der Waals surface area contributed by atoms with Crippen LogP contribution < -0.4 is 0 Å². The Morgan fingerprint density at radius 3 is 1.39 bits per heavy atom. The number of benzene rings is 2. The van der Waals surface area contributed by atoms with Crippen LogP contribution in [0.4, 0.5) is 0 Å². The molecule has 3 nitrogen and oxygen atoms in total. The van der Waals surface area contributed by atoms with E-state index < -0.39 is 0 Å². The molecule has 0 saturated heterocycles. The van der Waals surface area contributed by atoms with E-state index in [1.165, 1.54) is 22.3 Å². The van der Waals surface area contributed by atoms with E-state index in [2.05, 4.69) is 90.6 Å². The van der Waals surface area contributed by atoms with Crippen LogP contribution in [0.1, 0.15) is 36.1 Å². The molecular weight excluding hydrogens is 344 g/mol. The summed E-state index contributed by atoms with van der Waals surface area (Å²) in [5.74, 6) is 0. The fraction of sp³-hybridized carbons (Fsp3) is 0.520. The minimum absolute atomic E-state index is 0.325. The molecule has 0 unspecified atom stereocenters. The molecule has 0 aliphatic heterocycles. The van der Waals surface area contributed by atoms with Gasteiger partial charge in [-0.1, -0.05) is 62.4 Å². The van der Waals surface area contributed by atoms with Gasteiger partial charge in [0.2, 0.25) is 0 Å². The summed E-state index contributed by atoms with van der Waals surface area (Å²) in [6.07, 6.45) is 1.80. The van der Waals surface area contributed by atoms with E-state index in [-0.39, 0.29) is 6.10 Å². The number of aliphatic hydroxyl groups excluding tert-OH is 1. The van der Waals surface area contributed by atoms with Crippen LogP contribution >= 0.6 is 0 Å². The SMILES string of the molecule is CCc1cccc(C[N+](C)(C)CC(O)C[N+](C)(C)Cc2cccc(CC)c2)c1. The molecule has 28 heavy (non-hydrogen) atoms. The van der Waals surface area contributed by atoms with Crippen molar-refractivity contribution in [2.75, 3.05) is 41.3 Å². The quantitative estimate of drug-likeness (QED) is 0.613. The van der Waals surface area contributed by atoms with Gasteiger partial charge in [-0.25, -0.2) is 0 Å². The summed E-state index contributed by atoms with van der Waals surface area (Å²) in [5.41, 5.74) is 5.46. The summed E-state index contributed by atoms with van der Waals surface area (Å²) >= 11 is 0. The van der Waals surface area contributed by atoms with Gasteiger partial charge in [-0.3, -0.25) is 0 Å². The highest BCUT2D eigenvalue weighted by atomic mass is 16.3. The molecule has 0 aliphatic carbocycles. The number of hydrogen-bond donors (Lipinski definition) is 1. The van der Waals surface area contributed by atoms with Crippen molar-refractivity contribution in [1.29, 1.82) is 0 Å². The van der Waals surface area contributed by atoms with Gasteiger partial charge in [0.15, 0.2) is 6.10 Å². The lowest BCUT2D eigenvalue weighted by Crippen LogP contribution is -2.51. The van der Waals surface area contributed by atoms with E-state index >= 15 is 0 Å². The number of quaternary nitrogens is 2. The second kappa shape index (κ2) is 9.69. The first-order chi connectivity index (χ1) is 13.1. The summed E-state index contributed by atoms with van der Waals surface area (Å²) in [6.45, 7) is 7.78. The molecular formula is C25H40N2O+2. The molecule has 2 aromatic rings. The van der Waals surface area contributed by atoms with E-state index in [9.17, 15) is 5.11 Å². The maximum absolute atomic E-state index is 10.8. The number of likely N-dealkylation sites (N-methyl/N-ethyl adjacent to an activating group) is 2. The second-order valence-corrected chi connectivity index (χ2v) is 9.55. The fourth-order valence-corrected chi connectivity index (χ4v) is 4.21. The Labute approximate surface area is 172 Å². The van der Waals surface area contributed by atoms with Crippen LogP contribution in [0.25, 0.3) is 0 Å². The van der Waals surface area contributed by atoms with Crippen LogP contribution in [0.15, 0.2) is 48.5 Å². The lowest BCUT2D eigenvalue weighted by atomic mass is 10.1. The highest BCUT2D eigenvalue weighted by molar-refractivity contribution is 5.23. The van der Waals surface area contributed by atoms with Crippen molar-refractivity contribution in [1.82, 2.24) is 0 Å². The molecule has 0 aromatic heterocycles. The van der Waals surface area contributed by atoms with Crippen molar-refractivity contribution in [3.8, 4) is 0 Å². The van der Waals surface area contributed by atoms with Gasteiger partial charge in [-0.15, -0.1) is 0 Å². The zero-order valence-electron chi connectivity index (χ0n) is 18.8. The molecule has 2 aromatic carbocycles. The van der Waals surface area contributed by atoms with Crippen molar-refractivity contribution < 1.29 is 14.1 Å². The highest BCUT2D eigenvalue weighted by Crippen LogP contribution is 2.16. The van der Waals surface area contributed by atoms with E-state index in [0.29, 0.717) is 0 Å². The average molecular weight is 385 g/mol. The predicted octanol–water partition coefficient (Wildman–Crippen LogP) is 4.03. The maximum Gasteiger partial charge on any atom is 0.152 e. The van der Waals surface area contributed by atoms with Gasteiger partial charge in [0.05, 0.1) is 28.2 Å². The van der Waals surface area contributed by atoms with E-state index in [0.717, 1.165) is 48.0 Å². The molecule has 0 spiro atoms. The monoisotopic (exact) mass is 384 g/mol. The molecule has 0 bridgehead atoms. The first-order valence-corrected chi connectivity index (χ1v) is 10.6. The van der Waals surface area contributed by atoms with Gasteiger partial charge in [0.25, 0.3) is 0 Å². The smallest absolute Gasteiger partial charge is 0.152 e. The topological polar surface area (TPSA) is 20.2 Å². The third kappa shape index (κ3) is 7.38. The Balaban J connectivity index is 1.95. The van der Waals surface area contributed by atoms with E-state index in [4.69, 9.17) is 0 Å². The number of hydrogen-bond acceptors (Lipinski definition) is 1. The molecule has 0 atom stereocenters. The Kier molecular flexibility index (Phi) is 7.82. The summed E-state index contributed by atoms with van der Waals surface area (Å²) in [5, 5.41) is 10.8. The first-order valence-electron chi connectivity index (χ1n) is 10.6. The van der Waals surface area contributed by atoms with Crippen LogP contribution in [0.3, 0.4) is 0 Å². The van der Waals surface area contributed by atoms with Gasteiger partial charge in [0.1, 0.15) is 26.2 Å². The second-order valence-electron chi connectivity index (χ2n) is 9.55. The van der Waals surface area contributed by atoms with Crippen LogP contribution in [0, 0.1) is 0 Å². The molecule has 0 saturated carbocycles.